The van der Waals surface area contributed by atoms with Crippen LogP contribution in [0.1, 0.15) is 25.3 Å². The number of thiophene rings is 1. The van der Waals surface area contributed by atoms with E-state index >= 15 is 0 Å². The molecule has 1 aromatic heterocycles. The molecule has 1 aromatic rings. The molecular formula is C10H14BrNS. The SMILES string of the molecule is CC1CCCN1Cc1cscc1Br. The molecule has 0 spiro atoms. The molecule has 0 saturated carbocycles. The molecule has 1 atom stereocenters. The van der Waals surface area contributed by atoms with Gasteiger partial charge in [-0.15, -0.1) is 0 Å². The standard InChI is InChI=1S/C10H14BrNS/c1-8-3-2-4-12(8)5-9-6-13-7-10(9)11/h6-8H,2-5H2,1H3. The van der Waals surface area contributed by atoms with Crippen LogP contribution in [0.15, 0.2) is 15.2 Å². The molecule has 1 fully saturated rings. The highest BCUT2D eigenvalue weighted by Crippen LogP contribution is 2.26. The van der Waals surface area contributed by atoms with Crippen molar-refractivity contribution in [2.24, 2.45) is 0 Å². The number of rotatable bonds is 2. The fourth-order valence-electron chi connectivity index (χ4n) is 1.87. The van der Waals surface area contributed by atoms with Gasteiger partial charge in [0.05, 0.1) is 0 Å². The van der Waals surface area contributed by atoms with Gasteiger partial charge in [0.15, 0.2) is 0 Å². The van der Waals surface area contributed by atoms with Gasteiger partial charge in [-0.05, 0) is 53.2 Å². The Bertz CT molecular complexity index is 284. The summed E-state index contributed by atoms with van der Waals surface area (Å²) in [5.74, 6) is 0. The summed E-state index contributed by atoms with van der Waals surface area (Å²) in [5, 5.41) is 4.41. The van der Waals surface area contributed by atoms with Crippen molar-refractivity contribution in [3.05, 3.63) is 20.8 Å². The quantitative estimate of drug-likeness (QED) is 0.786. The van der Waals surface area contributed by atoms with Crippen molar-refractivity contribution < 1.29 is 0 Å². The Morgan fingerprint density at radius 3 is 3.00 bits per heavy atom. The molecule has 1 nitrogen and oxygen atoms in total. The number of halogens is 1. The molecule has 72 valence electrons. The van der Waals surface area contributed by atoms with E-state index in [1.165, 1.54) is 29.4 Å². The minimum atomic E-state index is 0.770. The highest BCUT2D eigenvalue weighted by atomic mass is 79.9. The Balaban J connectivity index is 2.01. The minimum absolute atomic E-state index is 0.770. The van der Waals surface area contributed by atoms with Gasteiger partial charge >= 0.3 is 0 Å². The van der Waals surface area contributed by atoms with E-state index in [4.69, 9.17) is 0 Å². The molecule has 2 heterocycles. The lowest BCUT2D eigenvalue weighted by Crippen LogP contribution is -2.25. The van der Waals surface area contributed by atoms with Crippen LogP contribution in [0, 0.1) is 0 Å². The summed E-state index contributed by atoms with van der Waals surface area (Å²) < 4.78 is 1.27. The molecule has 0 bridgehead atoms. The van der Waals surface area contributed by atoms with Crippen LogP contribution in [0.4, 0.5) is 0 Å². The smallest absolute Gasteiger partial charge is 0.0327 e. The van der Waals surface area contributed by atoms with E-state index in [2.05, 4.69) is 38.5 Å². The van der Waals surface area contributed by atoms with Gasteiger partial charge in [-0.2, -0.15) is 11.3 Å². The molecule has 0 aliphatic carbocycles. The third kappa shape index (κ3) is 2.14. The lowest BCUT2D eigenvalue weighted by atomic mass is 10.2. The van der Waals surface area contributed by atoms with Crippen LogP contribution in [0.3, 0.4) is 0 Å². The van der Waals surface area contributed by atoms with Crippen molar-refractivity contribution >= 4 is 27.3 Å². The molecule has 1 saturated heterocycles. The van der Waals surface area contributed by atoms with E-state index < -0.39 is 0 Å². The van der Waals surface area contributed by atoms with E-state index in [-0.39, 0.29) is 0 Å². The highest BCUT2D eigenvalue weighted by Gasteiger charge is 2.20. The first-order chi connectivity index (χ1) is 6.27. The van der Waals surface area contributed by atoms with Gasteiger partial charge in [0.1, 0.15) is 0 Å². The summed E-state index contributed by atoms with van der Waals surface area (Å²) in [5.41, 5.74) is 1.44. The van der Waals surface area contributed by atoms with Crippen LogP contribution >= 0.6 is 27.3 Å². The number of hydrogen-bond donors (Lipinski definition) is 0. The lowest BCUT2D eigenvalue weighted by molar-refractivity contribution is 0.260. The van der Waals surface area contributed by atoms with Gasteiger partial charge in [-0.25, -0.2) is 0 Å². The third-order valence-corrected chi connectivity index (χ3v) is 4.59. The normalized spacial score (nSPS) is 24.0. The molecular weight excluding hydrogens is 246 g/mol. The van der Waals surface area contributed by atoms with E-state index in [0.717, 1.165) is 12.6 Å². The topological polar surface area (TPSA) is 3.24 Å². The third-order valence-electron chi connectivity index (χ3n) is 2.75. The van der Waals surface area contributed by atoms with Crippen LogP contribution in [-0.4, -0.2) is 17.5 Å². The number of nitrogens with zero attached hydrogens (tertiary/aromatic N) is 1. The zero-order chi connectivity index (χ0) is 9.26. The maximum Gasteiger partial charge on any atom is 0.0327 e. The van der Waals surface area contributed by atoms with E-state index in [1.54, 1.807) is 11.3 Å². The summed E-state index contributed by atoms with van der Waals surface area (Å²) in [6.45, 7) is 4.71. The van der Waals surface area contributed by atoms with Gasteiger partial charge in [-0.1, -0.05) is 0 Å². The summed E-state index contributed by atoms with van der Waals surface area (Å²) in [6, 6.07) is 0.770. The molecule has 13 heavy (non-hydrogen) atoms. The fourth-order valence-corrected chi connectivity index (χ4v) is 3.29. The monoisotopic (exact) mass is 259 g/mol. The van der Waals surface area contributed by atoms with Gasteiger partial charge in [0, 0.05) is 22.4 Å². The molecule has 0 radical (unpaired) electrons. The van der Waals surface area contributed by atoms with Crippen molar-refractivity contribution in [1.29, 1.82) is 0 Å². The average Bonchev–Trinajstić information content (AvgIpc) is 2.65. The first-order valence-corrected chi connectivity index (χ1v) is 6.45. The van der Waals surface area contributed by atoms with Crippen LogP contribution in [0.2, 0.25) is 0 Å². The Hall–Kier alpha value is 0.140. The zero-order valence-corrected chi connectivity index (χ0v) is 10.2. The molecule has 0 aromatic carbocycles. The molecule has 0 N–H and O–H groups in total. The average molecular weight is 260 g/mol. The number of hydrogen-bond acceptors (Lipinski definition) is 2. The van der Waals surface area contributed by atoms with Gasteiger partial charge in [-0.3, -0.25) is 4.90 Å². The molecule has 0 amide bonds. The van der Waals surface area contributed by atoms with Crippen molar-refractivity contribution in [3.8, 4) is 0 Å². The molecule has 1 aliphatic heterocycles. The van der Waals surface area contributed by atoms with Crippen LogP contribution in [0.5, 0.6) is 0 Å². The van der Waals surface area contributed by atoms with Gasteiger partial charge in [0.25, 0.3) is 0 Å². The maximum atomic E-state index is 3.58. The summed E-state index contributed by atoms with van der Waals surface area (Å²) in [6.07, 6.45) is 2.73. The van der Waals surface area contributed by atoms with Gasteiger partial charge < -0.3 is 0 Å². The van der Waals surface area contributed by atoms with E-state index in [0.29, 0.717) is 0 Å². The second-order valence-electron chi connectivity index (χ2n) is 3.71. The van der Waals surface area contributed by atoms with Crippen molar-refractivity contribution in [2.75, 3.05) is 6.54 Å². The largest absolute Gasteiger partial charge is 0.296 e. The molecule has 1 unspecified atom stereocenters. The van der Waals surface area contributed by atoms with Crippen molar-refractivity contribution in [2.45, 2.75) is 32.4 Å². The summed E-state index contributed by atoms with van der Waals surface area (Å²) in [7, 11) is 0. The second kappa shape index (κ2) is 4.11. The van der Waals surface area contributed by atoms with E-state index in [9.17, 15) is 0 Å². The molecule has 2 rings (SSSR count). The van der Waals surface area contributed by atoms with E-state index in [1.807, 2.05) is 0 Å². The second-order valence-corrected chi connectivity index (χ2v) is 5.30. The predicted molar refractivity (Wildman–Crippen MR) is 61.1 cm³/mol. The molecule has 3 heteroatoms. The fraction of sp³-hybridized carbons (Fsp3) is 0.600. The maximum absolute atomic E-state index is 3.58. The Labute approximate surface area is 91.9 Å². The Morgan fingerprint density at radius 2 is 2.46 bits per heavy atom. The van der Waals surface area contributed by atoms with Crippen LogP contribution in [0.25, 0.3) is 0 Å². The summed E-state index contributed by atoms with van der Waals surface area (Å²) >= 11 is 5.35. The van der Waals surface area contributed by atoms with Crippen molar-refractivity contribution in [1.82, 2.24) is 4.90 Å². The zero-order valence-electron chi connectivity index (χ0n) is 7.79. The first-order valence-electron chi connectivity index (χ1n) is 4.72. The van der Waals surface area contributed by atoms with Crippen molar-refractivity contribution in [3.63, 3.8) is 0 Å². The lowest BCUT2D eigenvalue weighted by Gasteiger charge is -2.20. The van der Waals surface area contributed by atoms with Gasteiger partial charge in [0.2, 0.25) is 0 Å². The minimum Gasteiger partial charge on any atom is -0.296 e. The predicted octanol–water partition coefficient (Wildman–Crippen LogP) is 3.49. The number of likely N-dealkylation sites (tertiary alicyclic amines) is 1. The molecule has 1 aliphatic rings. The Kier molecular flexibility index (Phi) is 3.06. The van der Waals surface area contributed by atoms with Crippen LogP contribution in [-0.2, 0) is 6.54 Å². The first kappa shape index (κ1) is 9.69. The summed E-state index contributed by atoms with van der Waals surface area (Å²) in [4.78, 5) is 2.56. The Morgan fingerprint density at radius 1 is 1.62 bits per heavy atom. The highest BCUT2D eigenvalue weighted by molar-refractivity contribution is 9.10. The van der Waals surface area contributed by atoms with Crippen LogP contribution < -0.4 is 0 Å².